The molecule has 8 heteroatoms. The summed E-state index contributed by atoms with van der Waals surface area (Å²) < 4.78 is 7.59. The van der Waals surface area contributed by atoms with Crippen molar-refractivity contribution in [1.82, 2.24) is 25.1 Å². The molecular weight excluding hydrogens is 398 g/mol. The van der Waals surface area contributed by atoms with Crippen LogP contribution in [0.2, 0.25) is 0 Å². The summed E-state index contributed by atoms with van der Waals surface area (Å²) in [5.74, 6) is 1.19. The number of amides is 1. The largest absolute Gasteiger partial charge is 0.483 e. The van der Waals surface area contributed by atoms with Crippen LogP contribution in [0.1, 0.15) is 27.9 Å². The third kappa shape index (κ3) is 3.57. The Morgan fingerprint density at radius 1 is 1.00 bits per heavy atom. The highest BCUT2D eigenvalue weighted by molar-refractivity contribution is 7.09. The number of para-hydroxylation sites is 1. The lowest BCUT2D eigenvalue weighted by Gasteiger charge is -2.29. The molecule has 1 amide bonds. The summed E-state index contributed by atoms with van der Waals surface area (Å²) in [7, 11) is 0. The van der Waals surface area contributed by atoms with Crippen molar-refractivity contribution < 1.29 is 9.53 Å². The van der Waals surface area contributed by atoms with E-state index in [2.05, 4.69) is 15.5 Å². The topological polar surface area (TPSA) is 73.1 Å². The number of fused-ring (bicyclic) bond motifs is 1. The number of rotatable bonds is 5. The minimum Gasteiger partial charge on any atom is -0.483 e. The number of thiophene rings is 1. The maximum absolute atomic E-state index is 13.1. The lowest BCUT2D eigenvalue weighted by atomic mass is 10.0. The first-order valence-electron chi connectivity index (χ1n) is 9.63. The first-order valence-corrected chi connectivity index (χ1v) is 10.5. The average molecular weight is 417 g/mol. The number of ether oxygens (including phenoxy) is 1. The normalized spacial score (nSPS) is 16.1. The van der Waals surface area contributed by atoms with E-state index in [0.29, 0.717) is 24.7 Å². The van der Waals surface area contributed by atoms with E-state index in [1.807, 2.05) is 77.0 Å². The summed E-state index contributed by atoms with van der Waals surface area (Å²) in [5.41, 5.74) is 1.96. The SMILES string of the molecule is O=C1COc2ccccc2C(c2nnnn2Cc2ccccc2)N1Cc1cccs1. The molecule has 0 spiro atoms. The molecule has 0 N–H and O–H groups in total. The molecule has 0 aliphatic carbocycles. The Bertz CT molecular complexity index is 1140. The molecule has 1 unspecified atom stereocenters. The van der Waals surface area contributed by atoms with Crippen LogP contribution in [0.4, 0.5) is 0 Å². The molecule has 0 bridgehead atoms. The van der Waals surface area contributed by atoms with Crippen LogP contribution in [-0.4, -0.2) is 37.6 Å². The van der Waals surface area contributed by atoms with Gasteiger partial charge in [-0.05, 0) is 33.5 Å². The molecule has 150 valence electrons. The van der Waals surface area contributed by atoms with Crippen molar-refractivity contribution in [2.24, 2.45) is 0 Å². The maximum Gasteiger partial charge on any atom is 0.261 e. The van der Waals surface area contributed by atoms with Gasteiger partial charge in [-0.2, -0.15) is 0 Å². The highest BCUT2D eigenvalue weighted by atomic mass is 32.1. The molecule has 5 rings (SSSR count). The monoisotopic (exact) mass is 417 g/mol. The zero-order valence-electron chi connectivity index (χ0n) is 16.1. The third-order valence-electron chi connectivity index (χ3n) is 5.08. The molecule has 4 aromatic rings. The standard InChI is InChI=1S/C22H19N5O2S/c28-20-15-29-19-11-5-4-10-18(19)21(26(20)14-17-9-6-12-30-17)22-23-24-25-27(22)13-16-7-2-1-3-8-16/h1-12,21H,13-15H2. The molecule has 0 saturated heterocycles. The number of tetrazole rings is 1. The van der Waals surface area contributed by atoms with E-state index in [4.69, 9.17) is 4.74 Å². The van der Waals surface area contributed by atoms with Crippen LogP contribution in [0.25, 0.3) is 0 Å². The van der Waals surface area contributed by atoms with Crippen molar-refractivity contribution in [1.29, 1.82) is 0 Å². The van der Waals surface area contributed by atoms with Gasteiger partial charge >= 0.3 is 0 Å². The number of hydrogen-bond acceptors (Lipinski definition) is 6. The van der Waals surface area contributed by atoms with Crippen LogP contribution >= 0.6 is 11.3 Å². The van der Waals surface area contributed by atoms with Gasteiger partial charge in [0.2, 0.25) is 0 Å². The molecule has 30 heavy (non-hydrogen) atoms. The van der Waals surface area contributed by atoms with E-state index in [1.165, 1.54) is 0 Å². The van der Waals surface area contributed by atoms with Crippen molar-refractivity contribution in [3.05, 3.63) is 93.9 Å². The second-order valence-corrected chi connectivity index (χ2v) is 8.04. The Labute approximate surface area is 177 Å². The second-order valence-electron chi connectivity index (χ2n) is 7.01. The smallest absolute Gasteiger partial charge is 0.261 e. The van der Waals surface area contributed by atoms with Crippen LogP contribution in [0.5, 0.6) is 5.75 Å². The molecule has 0 saturated carbocycles. The second kappa shape index (κ2) is 8.08. The average Bonchev–Trinajstić information content (AvgIpc) is 3.43. The molecular formula is C22H19N5O2S. The lowest BCUT2D eigenvalue weighted by molar-refractivity contribution is -0.135. The van der Waals surface area contributed by atoms with Crippen molar-refractivity contribution in [3.8, 4) is 5.75 Å². The Morgan fingerprint density at radius 3 is 2.67 bits per heavy atom. The highest BCUT2D eigenvalue weighted by Gasteiger charge is 2.36. The molecule has 0 fully saturated rings. The van der Waals surface area contributed by atoms with Gasteiger partial charge < -0.3 is 9.64 Å². The number of carbonyl (C=O) groups excluding carboxylic acids is 1. The van der Waals surface area contributed by atoms with Crippen LogP contribution in [0, 0.1) is 0 Å². The minimum atomic E-state index is -0.447. The summed E-state index contributed by atoms with van der Waals surface area (Å²) in [6.45, 7) is 0.972. The number of nitrogens with zero attached hydrogens (tertiary/aromatic N) is 5. The van der Waals surface area contributed by atoms with E-state index < -0.39 is 6.04 Å². The Hall–Kier alpha value is -3.52. The van der Waals surface area contributed by atoms with Crippen LogP contribution < -0.4 is 4.74 Å². The summed E-state index contributed by atoms with van der Waals surface area (Å²) >= 11 is 1.62. The van der Waals surface area contributed by atoms with Gasteiger partial charge in [-0.1, -0.05) is 54.6 Å². The fourth-order valence-electron chi connectivity index (χ4n) is 3.68. The minimum absolute atomic E-state index is 0.0147. The van der Waals surface area contributed by atoms with E-state index in [9.17, 15) is 4.79 Å². The maximum atomic E-state index is 13.1. The number of aromatic nitrogens is 4. The van der Waals surface area contributed by atoms with Gasteiger partial charge in [0.05, 0.1) is 13.1 Å². The van der Waals surface area contributed by atoms with E-state index in [0.717, 1.165) is 16.0 Å². The van der Waals surface area contributed by atoms with Gasteiger partial charge in [0.1, 0.15) is 11.8 Å². The van der Waals surface area contributed by atoms with Crippen molar-refractivity contribution in [3.63, 3.8) is 0 Å². The van der Waals surface area contributed by atoms with E-state index in [-0.39, 0.29) is 12.5 Å². The first kappa shape index (κ1) is 18.5. The predicted molar refractivity (Wildman–Crippen MR) is 112 cm³/mol. The molecule has 1 atom stereocenters. The molecule has 1 aliphatic rings. The number of hydrogen-bond donors (Lipinski definition) is 0. The highest BCUT2D eigenvalue weighted by Crippen LogP contribution is 2.37. The van der Waals surface area contributed by atoms with Gasteiger partial charge in [0.25, 0.3) is 5.91 Å². The van der Waals surface area contributed by atoms with Crippen molar-refractivity contribution in [2.75, 3.05) is 6.61 Å². The molecule has 0 radical (unpaired) electrons. The summed E-state index contributed by atoms with van der Waals surface area (Å²) in [4.78, 5) is 16.0. The molecule has 7 nitrogen and oxygen atoms in total. The predicted octanol–water partition coefficient (Wildman–Crippen LogP) is 3.29. The molecule has 2 aromatic heterocycles. The van der Waals surface area contributed by atoms with Crippen molar-refractivity contribution in [2.45, 2.75) is 19.1 Å². The Kier molecular flexibility index (Phi) is 4.98. The van der Waals surface area contributed by atoms with Gasteiger partial charge in [-0.25, -0.2) is 4.68 Å². The summed E-state index contributed by atoms with van der Waals surface area (Å²) in [6.07, 6.45) is 0. The Morgan fingerprint density at radius 2 is 1.83 bits per heavy atom. The zero-order valence-corrected chi connectivity index (χ0v) is 16.9. The van der Waals surface area contributed by atoms with Gasteiger partial charge in [0.15, 0.2) is 12.4 Å². The van der Waals surface area contributed by atoms with Gasteiger partial charge in [-0.15, -0.1) is 16.4 Å². The number of benzene rings is 2. The molecule has 1 aliphatic heterocycles. The van der Waals surface area contributed by atoms with Crippen LogP contribution in [0.15, 0.2) is 72.1 Å². The van der Waals surface area contributed by atoms with Crippen LogP contribution in [0.3, 0.4) is 0 Å². The first-order chi connectivity index (χ1) is 14.8. The molecule has 3 heterocycles. The van der Waals surface area contributed by atoms with Gasteiger partial charge in [0, 0.05) is 10.4 Å². The lowest BCUT2D eigenvalue weighted by Crippen LogP contribution is -2.37. The fraction of sp³-hybridized carbons (Fsp3) is 0.182. The summed E-state index contributed by atoms with van der Waals surface area (Å²) in [5, 5.41) is 14.5. The number of carbonyl (C=O) groups is 1. The fourth-order valence-corrected chi connectivity index (χ4v) is 4.38. The third-order valence-corrected chi connectivity index (χ3v) is 5.94. The van der Waals surface area contributed by atoms with E-state index >= 15 is 0 Å². The Balaban J connectivity index is 1.60. The molecule has 2 aromatic carbocycles. The van der Waals surface area contributed by atoms with Crippen LogP contribution in [-0.2, 0) is 17.9 Å². The zero-order chi connectivity index (χ0) is 20.3. The summed E-state index contributed by atoms with van der Waals surface area (Å²) in [6, 6.07) is 21.3. The van der Waals surface area contributed by atoms with Gasteiger partial charge in [-0.3, -0.25) is 4.79 Å². The van der Waals surface area contributed by atoms with Crippen molar-refractivity contribution >= 4 is 17.2 Å². The van der Waals surface area contributed by atoms with E-state index in [1.54, 1.807) is 16.0 Å². The quantitative estimate of drug-likeness (QED) is 0.498.